The molecule has 0 amide bonds. The Morgan fingerprint density at radius 2 is 1.71 bits per heavy atom. The van der Waals surface area contributed by atoms with Crippen molar-refractivity contribution in [2.24, 2.45) is 5.92 Å². The first kappa shape index (κ1) is 25.1. The van der Waals surface area contributed by atoms with E-state index < -0.39 is 18.1 Å². The summed E-state index contributed by atoms with van der Waals surface area (Å²) >= 11 is 0. The van der Waals surface area contributed by atoms with Gasteiger partial charge in [-0.25, -0.2) is 18.9 Å². The smallest absolute Gasteiger partial charge is 0.393 e. The summed E-state index contributed by atoms with van der Waals surface area (Å²) in [5.74, 6) is -2.57. The van der Waals surface area contributed by atoms with E-state index in [0.717, 1.165) is 36.0 Å². The molecule has 4 heterocycles. The summed E-state index contributed by atoms with van der Waals surface area (Å²) in [6, 6.07) is 7.52. The van der Waals surface area contributed by atoms with Crippen LogP contribution in [0.15, 0.2) is 30.3 Å². The molecule has 6 rings (SSSR count). The highest BCUT2D eigenvalue weighted by molar-refractivity contribution is 5.98. The molecule has 3 aromatic rings. The maximum absolute atomic E-state index is 13.6. The fraction of sp³-hybridized carbons (Fsp3) is 0.519. The van der Waals surface area contributed by atoms with Gasteiger partial charge in [0.15, 0.2) is 11.3 Å². The Labute approximate surface area is 217 Å². The van der Waals surface area contributed by atoms with Crippen molar-refractivity contribution in [3.8, 4) is 5.69 Å². The number of aromatic nitrogens is 3. The van der Waals surface area contributed by atoms with E-state index in [2.05, 4.69) is 9.88 Å². The van der Waals surface area contributed by atoms with Crippen molar-refractivity contribution < 1.29 is 27.5 Å². The molecular formula is C27H29F4N5O2. The number of hydrogen-bond donors (Lipinski definition) is 1. The van der Waals surface area contributed by atoms with Gasteiger partial charge in [0, 0.05) is 31.6 Å². The highest BCUT2D eigenvalue weighted by atomic mass is 19.4. The van der Waals surface area contributed by atoms with Gasteiger partial charge in [0.05, 0.1) is 28.4 Å². The third-order valence-corrected chi connectivity index (χ3v) is 8.43. The zero-order valence-electron chi connectivity index (χ0n) is 20.8. The lowest BCUT2D eigenvalue weighted by Crippen LogP contribution is -2.44. The van der Waals surface area contributed by atoms with Gasteiger partial charge in [-0.1, -0.05) is 6.42 Å². The van der Waals surface area contributed by atoms with E-state index in [-0.39, 0.29) is 36.4 Å². The lowest BCUT2D eigenvalue weighted by Gasteiger charge is -2.38. The number of alkyl halides is 3. The molecule has 2 aliphatic heterocycles. The molecule has 2 saturated heterocycles. The van der Waals surface area contributed by atoms with E-state index in [1.807, 2.05) is 4.90 Å². The second kappa shape index (κ2) is 9.52. The average molecular weight is 532 g/mol. The summed E-state index contributed by atoms with van der Waals surface area (Å²) in [7, 11) is 0. The van der Waals surface area contributed by atoms with Gasteiger partial charge in [-0.05, 0) is 69.0 Å². The first-order valence-electron chi connectivity index (χ1n) is 13.2. The van der Waals surface area contributed by atoms with Gasteiger partial charge in [0.1, 0.15) is 5.82 Å². The average Bonchev–Trinajstić information content (AvgIpc) is 3.49. The Hall–Kier alpha value is -3.21. The number of carbonyl (C=O) groups is 1. The molecule has 0 bridgehead atoms. The van der Waals surface area contributed by atoms with Crippen molar-refractivity contribution in [2.75, 3.05) is 31.1 Å². The number of benzene rings is 1. The molecule has 202 valence electrons. The fourth-order valence-corrected chi connectivity index (χ4v) is 6.07. The van der Waals surface area contributed by atoms with E-state index in [4.69, 9.17) is 5.10 Å². The molecule has 1 saturated carbocycles. The van der Waals surface area contributed by atoms with E-state index in [9.17, 15) is 27.5 Å². The van der Waals surface area contributed by atoms with Crippen LogP contribution in [0.3, 0.4) is 0 Å². The van der Waals surface area contributed by atoms with Crippen LogP contribution in [0.2, 0.25) is 0 Å². The molecule has 1 unspecified atom stereocenters. The van der Waals surface area contributed by atoms with E-state index >= 15 is 0 Å². The Balaban J connectivity index is 1.35. The standard InChI is InChI=1S/C27H29F4N5O2/c28-18-4-6-20(7-5-18)36-25-23(24(33-36)16-2-1-3-16)22(14-21(32-25)26(37)38)34-12-9-19(10-13-34)35-11-8-17(15-35)27(29,30)31/h4-7,14,16-17,19H,1-3,8-13,15H2,(H,37,38). The number of rotatable bonds is 5. The van der Waals surface area contributed by atoms with Crippen LogP contribution in [0.1, 0.15) is 60.6 Å². The molecule has 7 nitrogen and oxygen atoms in total. The highest BCUT2D eigenvalue weighted by Gasteiger charge is 2.45. The zero-order chi connectivity index (χ0) is 26.6. The fourth-order valence-electron chi connectivity index (χ4n) is 6.07. The second-order valence-corrected chi connectivity index (χ2v) is 10.7. The van der Waals surface area contributed by atoms with Gasteiger partial charge in [-0.3, -0.25) is 4.90 Å². The third-order valence-electron chi connectivity index (χ3n) is 8.43. The summed E-state index contributed by atoms with van der Waals surface area (Å²) in [5.41, 5.74) is 2.52. The molecular weight excluding hydrogens is 502 g/mol. The van der Waals surface area contributed by atoms with Crippen molar-refractivity contribution in [3.05, 3.63) is 47.5 Å². The third kappa shape index (κ3) is 4.50. The van der Waals surface area contributed by atoms with Crippen LogP contribution in [0.25, 0.3) is 16.7 Å². The lowest BCUT2D eigenvalue weighted by molar-refractivity contribution is -0.171. The van der Waals surface area contributed by atoms with Gasteiger partial charge in [0.25, 0.3) is 0 Å². The Bertz CT molecular complexity index is 1340. The van der Waals surface area contributed by atoms with Crippen molar-refractivity contribution in [2.45, 2.75) is 56.7 Å². The number of likely N-dealkylation sites (tertiary alicyclic amines) is 1. The largest absolute Gasteiger partial charge is 0.477 e. The van der Waals surface area contributed by atoms with Crippen LogP contribution >= 0.6 is 0 Å². The summed E-state index contributed by atoms with van der Waals surface area (Å²) in [6.07, 6.45) is 0.424. The number of hydrogen-bond acceptors (Lipinski definition) is 5. The number of pyridine rings is 1. The first-order valence-corrected chi connectivity index (χ1v) is 13.2. The van der Waals surface area contributed by atoms with Gasteiger partial charge in [-0.15, -0.1) is 0 Å². The van der Waals surface area contributed by atoms with Gasteiger partial charge in [0.2, 0.25) is 0 Å². The number of anilines is 1. The van der Waals surface area contributed by atoms with E-state index in [0.29, 0.717) is 43.8 Å². The predicted molar refractivity (Wildman–Crippen MR) is 133 cm³/mol. The van der Waals surface area contributed by atoms with Crippen LogP contribution in [0.5, 0.6) is 0 Å². The van der Waals surface area contributed by atoms with Gasteiger partial charge in [-0.2, -0.15) is 18.3 Å². The second-order valence-electron chi connectivity index (χ2n) is 10.7. The molecule has 1 aromatic carbocycles. The lowest BCUT2D eigenvalue weighted by atomic mass is 9.82. The number of halogens is 4. The summed E-state index contributed by atoms with van der Waals surface area (Å²) in [5, 5.41) is 15.5. The Morgan fingerprint density at radius 1 is 1.00 bits per heavy atom. The first-order chi connectivity index (χ1) is 18.2. The molecule has 1 aliphatic carbocycles. The molecule has 2 aromatic heterocycles. The van der Waals surface area contributed by atoms with Crippen LogP contribution in [-0.4, -0.2) is 69.1 Å². The summed E-state index contributed by atoms with van der Waals surface area (Å²) in [4.78, 5) is 20.6. The normalized spacial score (nSPS) is 21.8. The number of nitrogens with zero attached hydrogens (tertiary/aromatic N) is 5. The van der Waals surface area contributed by atoms with Crippen LogP contribution in [-0.2, 0) is 0 Å². The van der Waals surface area contributed by atoms with Crippen molar-refractivity contribution >= 4 is 22.7 Å². The SMILES string of the molecule is O=C(O)c1cc(N2CCC(N3CCC(C(F)(F)F)C3)CC2)c2c(C3CCC3)nn(-c3ccc(F)cc3)c2n1. The predicted octanol–water partition coefficient (Wildman–Crippen LogP) is 5.38. The number of aromatic carboxylic acids is 1. The minimum atomic E-state index is -4.16. The van der Waals surface area contributed by atoms with E-state index in [1.54, 1.807) is 22.9 Å². The Morgan fingerprint density at radius 3 is 2.29 bits per heavy atom. The van der Waals surface area contributed by atoms with Crippen LogP contribution < -0.4 is 4.90 Å². The quantitative estimate of drug-likeness (QED) is 0.446. The minimum absolute atomic E-state index is 0.0487. The maximum atomic E-state index is 13.6. The number of carboxylic acids is 1. The molecule has 11 heteroatoms. The summed E-state index contributed by atoms with van der Waals surface area (Å²) in [6.45, 7) is 1.70. The molecule has 38 heavy (non-hydrogen) atoms. The summed E-state index contributed by atoms with van der Waals surface area (Å²) < 4.78 is 54.8. The van der Waals surface area contributed by atoms with Gasteiger partial charge >= 0.3 is 12.1 Å². The molecule has 3 aliphatic rings. The number of fused-ring (bicyclic) bond motifs is 1. The maximum Gasteiger partial charge on any atom is 0.393 e. The van der Waals surface area contributed by atoms with Gasteiger partial charge < -0.3 is 10.0 Å². The van der Waals surface area contributed by atoms with Crippen molar-refractivity contribution in [3.63, 3.8) is 0 Å². The molecule has 3 fully saturated rings. The highest BCUT2D eigenvalue weighted by Crippen LogP contribution is 2.43. The molecule has 1 atom stereocenters. The topological polar surface area (TPSA) is 74.5 Å². The molecule has 1 N–H and O–H groups in total. The number of carboxylic acid groups (broad SMARTS) is 1. The molecule has 0 spiro atoms. The number of piperidine rings is 1. The molecule has 0 radical (unpaired) electrons. The van der Waals surface area contributed by atoms with Crippen LogP contribution in [0, 0.1) is 11.7 Å². The van der Waals surface area contributed by atoms with Crippen molar-refractivity contribution in [1.29, 1.82) is 0 Å². The monoisotopic (exact) mass is 531 g/mol. The van der Waals surface area contributed by atoms with Crippen LogP contribution in [0.4, 0.5) is 23.2 Å². The zero-order valence-corrected chi connectivity index (χ0v) is 20.8. The van der Waals surface area contributed by atoms with E-state index in [1.165, 1.54) is 12.1 Å². The Kier molecular flexibility index (Phi) is 6.28. The minimum Gasteiger partial charge on any atom is -0.477 e. The van der Waals surface area contributed by atoms with Crippen molar-refractivity contribution in [1.82, 2.24) is 19.7 Å².